The van der Waals surface area contributed by atoms with E-state index in [-0.39, 0.29) is 13.2 Å². The van der Waals surface area contributed by atoms with Gasteiger partial charge in [-0.25, -0.2) is 0 Å². The van der Waals surface area contributed by atoms with Crippen LogP contribution in [0.2, 0.25) is 0 Å². The van der Waals surface area contributed by atoms with Crippen LogP contribution in [0, 0.1) is 0 Å². The maximum Gasteiger partial charge on any atom is 0.119 e. The van der Waals surface area contributed by atoms with Crippen LogP contribution in [0.5, 0.6) is 11.5 Å². The van der Waals surface area contributed by atoms with Gasteiger partial charge in [0.25, 0.3) is 0 Å². The molecule has 0 bridgehead atoms. The summed E-state index contributed by atoms with van der Waals surface area (Å²) in [5.41, 5.74) is 0. The number of hydrogen-bond acceptors (Lipinski definition) is 4. The summed E-state index contributed by atoms with van der Waals surface area (Å²) >= 11 is 0. The molecule has 0 fully saturated rings. The van der Waals surface area contributed by atoms with Gasteiger partial charge in [0.05, 0.1) is 13.2 Å². The number of hydrogen-bond donors (Lipinski definition) is 2. The van der Waals surface area contributed by atoms with Crippen molar-refractivity contribution in [3.63, 3.8) is 0 Å². The molecule has 84 valence electrons. The van der Waals surface area contributed by atoms with Crippen molar-refractivity contribution in [2.75, 3.05) is 19.8 Å². The molecule has 1 unspecified atom stereocenters. The summed E-state index contributed by atoms with van der Waals surface area (Å²) in [6, 6.07) is 7.11. The summed E-state index contributed by atoms with van der Waals surface area (Å²) in [5, 5.41) is 17.6. The van der Waals surface area contributed by atoms with E-state index in [1.54, 1.807) is 24.3 Å². The van der Waals surface area contributed by atoms with E-state index in [1.165, 1.54) is 0 Å². The molecule has 15 heavy (non-hydrogen) atoms. The average molecular weight is 212 g/mol. The number of ether oxygens (including phenoxy) is 2. The Morgan fingerprint density at radius 3 is 2.13 bits per heavy atom. The van der Waals surface area contributed by atoms with Gasteiger partial charge in [-0.05, 0) is 31.2 Å². The molecule has 1 atom stereocenters. The lowest BCUT2D eigenvalue weighted by atomic mass is 10.3. The van der Waals surface area contributed by atoms with Crippen molar-refractivity contribution in [1.82, 2.24) is 0 Å². The lowest BCUT2D eigenvalue weighted by molar-refractivity contribution is 0.0536. The third kappa shape index (κ3) is 4.18. The van der Waals surface area contributed by atoms with Gasteiger partial charge in [-0.3, -0.25) is 0 Å². The van der Waals surface area contributed by atoms with Crippen LogP contribution in [0.4, 0.5) is 0 Å². The molecule has 4 nitrogen and oxygen atoms in total. The molecule has 4 heteroatoms. The molecule has 1 aromatic carbocycles. The Labute approximate surface area is 89.1 Å². The van der Waals surface area contributed by atoms with Crippen LogP contribution in [0.15, 0.2) is 24.3 Å². The molecular formula is C11H16O4. The van der Waals surface area contributed by atoms with Crippen LogP contribution >= 0.6 is 0 Å². The molecule has 2 N–H and O–H groups in total. The quantitative estimate of drug-likeness (QED) is 0.733. The van der Waals surface area contributed by atoms with Crippen LogP contribution in [0.25, 0.3) is 0 Å². The van der Waals surface area contributed by atoms with Crippen molar-refractivity contribution in [2.24, 2.45) is 0 Å². The summed E-state index contributed by atoms with van der Waals surface area (Å²) in [4.78, 5) is 0. The van der Waals surface area contributed by atoms with Gasteiger partial charge in [0, 0.05) is 0 Å². The second-order valence-electron chi connectivity index (χ2n) is 3.05. The fraction of sp³-hybridized carbons (Fsp3) is 0.455. The van der Waals surface area contributed by atoms with Gasteiger partial charge in [0.2, 0.25) is 0 Å². The van der Waals surface area contributed by atoms with Crippen LogP contribution in [-0.2, 0) is 0 Å². The summed E-state index contributed by atoms with van der Waals surface area (Å²) in [6.07, 6.45) is -0.837. The normalized spacial score (nSPS) is 12.2. The average Bonchev–Trinajstić information content (AvgIpc) is 2.28. The van der Waals surface area contributed by atoms with Crippen LogP contribution in [0.3, 0.4) is 0 Å². The minimum atomic E-state index is -0.837. The smallest absolute Gasteiger partial charge is 0.119 e. The van der Waals surface area contributed by atoms with E-state index in [0.717, 1.165) is 5.75 Å². The maximum absolute atomic E-state index is 9.06. The molecule has 0 aromatic heterocycles. The zero-order chi connectivity index (χ0) is 11.1. The first-order chi connectivity index (χ1) is 7.26. The van der Waals surface area contributed by atoms with Gasteiger partial charge in [-0.15, -0.1) is 0 Å². The second-order valence-corrected chi connectivity index (χ2v) is 3.05. The SMILES string of the molecule is CCOc1ccc(OCC(O)CO)cc1. The van der Waals surface area contributed by atoms with Crippen molar-refractivity contribution in [2.45, 2.75) is 13.0 Å². The number of aliphatic hydroxyl groups is 2. The van der Waals surface area contributed by atoms with Crippen molar-refractivity contribution in [1.29, 1.82) is 0 Å². The number of benzene rings is 1. The van der Waals surface area contributed by atoms with E-state index in [0.29, 0.717) is 12.4 Å². The summed E-state index contributed by atoms with van der Waals surface area (Å²) in [6.45, 7) is 2.34. The zero-order valence-electron chi connectivity index (χ0n) is 8.72. The Bertz CT molecular complexity index is 270. The maximum atomic E-state index is 9.06. The van der Waals surface area contributed by atoms with Gasteiger partial charge in [0.15, 0.2) is 0 Å². The Morgan fingerprint density at radius 1 is 1.13 bits per heavy atom. The molecule has 0 saturated carbocycles. The van der Waals surface area contributed by atoms with Crippen molar-refractivity contribution in [3.8, 4) is 11.5 Å². The van der Waals surface area contributed by atoms with E-state index >= 15 is 0 Å². The van der Waals surface area contributed by atoms with Gasteiger partial charge in [-0.1, -0.05) is 0 Å². The Hall–Kier alpha value is -1.26. The number of aliphatic hydroxyl groups excluding tert-OH is 2. The highest BCUT2D eigenvalue weighted by atomic mass is 16.5. The van der Waals surface area contributed by atoms with Crippen LogP contribution in [0.1, 0.15) is 6.92 Å². The van der Waals surface area contributed by atoms with Crippen molar-refractivity contribution >= 4 is 0 Å². The molecular weight excluding hydrogens is 196 g/mol. The monoisotopic (exact) mass is 212 g/mol. The van der Waals surface area contributed by atoms with Gasteiger partial charge < -0.3 is 19.7 Å². The first kappa shape index (κ1) is 11.8. The van der Waals surface area contributed by atoms with E-state index < -0.39 is 6.10 Å². The van der Waals surface area contributed by atoms with E-state index in [2.05, 4.69) is 0 Å². The largest absolute Gasteiger partial charge is 0.494 e. The Kier molecular flexibility index (Phi) is 4.93. The summed E-state index contributed by atoms with van der Waals surface area (Å²) < 4.78 is 10.5. The van der Waals surface area contributed by atoms with E-state index in [4.69, 9.17) is 19.7 Å². The fourth-order valence-corrected chi connectivity index (χ4v) is 1.04. The van der Waals surface area contributed by atoms with Gasteiger partial charge in [0.1, 0.15) is 24.2 Å². The summed E-state index contributed by atoms with van der Waals surface area (Å²) in [7, 11) is 0. The first-order valence-corrected chi connectivity index (χ1v) is 4.90. The topological polar surface area (TPSA) is 58.9 Å². The minimum absolute atomic E-state index is 0.0878. The highest BCUT2D eigenvalue weighted by molar-refractivity contribution is 5.31. The molecule has 0 aliphatic heterocycles. The second kappa shape index (κ2) is 6.27. The van der Waals surface area contributed by atoms with E-state index in [9.17, 15) is 0 Å². The number of rotatable bonds is 6. The molecule has 0 spiro atoms. The third-order valence-electron chi connectivity index (χ3n) is 1.79. The van der Waals surface area contributed by atoms with Gasteiger partial charge >= 0.3 is 0 Å². The zero-order valence-corrected chi connectivity index (χ0v) is 8.72. The van der Waals surface area contributed by atoms with Crippen LogP contribution < -0.4 is 9.47 Å². The molecule has 1 aromatic rings. The minimum Gasteiger partial charge on any atom is -0.494 e. The molecule has 0 saturated heterocycles. The first-order valence-electron chi connectivity index (χ1n) is 4.90. The van der Waals surface area contributed by atoms with Gasteiger partial charge in [-0.2, -0.15) is 0 Å². The molecule has 0 aliphatic rings. The van der Waals surface area contributed by atoms with Crippen LogP contribution in [-0.4, -0.2) is 36.1 Å². The highest BCUT2D eigenvalue weighted by Gasteiger charge is 2.02. The Morgan fingerprint density at radius 2 is 1.67 bits per heavy atom. The lowest BCUT2D eigenvalue weighted by Crippen LogP contribution is -2.21. The summed E-state index contributed by atoms with van der Waals surface area (Å²) in [5.74, 6) is 1.43. The molecule has 1 rings (SSSR count). The fourth-order valence-electron chi connectivity index (χ4n) is 1.04. The van der Waals surface area contributed by atoms with Crippen molar-refractivity contribution < 1.29 is 19.7 Å². The predicted molar refractivity (Wildman–Crippen MR) is 56.2 cm³/mol. The standard InChI is InChI=1S/C11H16O4/c1-2-14-10-3-5-11(6-4-10)15-8-9(13)7-12/h3-6,9,12-13H,2,7-8H2,1H3. The molecule has 0 radical (unpaired) electrons. The molecule has 0 aliphatic carbocycles. The lowest BCUT2D eigenvalue weighted by Gasteiger charge is -2.10. The third-order valence-corrected chi connectivity index (χ3v) is 1.79. The molecule has 0 heterocycles. The Balaban J connectivity index is 2.42. The van der Waals surface area contributed by atoms with Crippen molar-refractivity contribution in [3.05, 3.63) is 24.3 Å². The highest BCUT2D eigenvalue weighted by Crippen LogP contribution is 2.17. The van der Waals surface area contributed by atoms with E-state index in [1.807, 2.05) is 6.92 Å². The predicted octanol–water partition coefficient (Wildman–Crippen LogP) is 0.817. The molecule has 0 amide bonds.